The summed E-state index contributed by atoms with van der Waals surface area (Å²) in [7, 11) is 4.55. The highest BCUT2D eigenvalue weighted by molar-refractivity contribution is 5.97. The van der Waals surface area contributed by atoms with Crippen LogP contribution in [-0.4, -0.2) is 51.0 Å². The second-order valence-corrected chi connectivity index (χ2v) is 6.16. The maximum absolute atomic E-state index is 11.9. The summed E-state index contributed by atoms with van der Waals surface area (Å²) in [4.78, 5) is 23.7. The number of phenolic OH excluding ortho intramolecular Hbond substituents is 1. The average Bonchev–Trinajstić information content (AvgIpc) is 2.74. The van der Waals surface area contributed by atoms with Crippen LogP contribution in [0, 0.1) is 0 Å². The molecule has 2 amide bonds. The Morgan fingerprint density at radius 3 is 2.43 bits per heavy atom. The Hall–Kier alpha value is -3.75. The van der Waals surface area contributed by atoms with E-state index in [4.69, 9.17) is 14.2 Å². The predicted molar refractivity (Wildman–Crippen MR) is 111 cm³/mol. The summed E-state index contributed by atoms with van der Waals surface area (Å²) in [5.74, 6) is 0.445. The number of phenols is 1. The van der Waals surface area contributed by atoms with Crippen LogP contribution < -0.4 is 25.0 Å². The normalized spacial score (nSPS) is 10.5. The molecule has 0 aliphatic rings. The van der Waals surface area contributed by atoms with Crippen LogP contribution >= 0.6 is 0 Å². The second kappa shape index (κ2) is 11.3. The Kier molecular flexibility index (Phi) is 8.49. The van der Waals surface area contributed by atoms with Crippen molar-refractivity contribution in [3.63, 3.8) is 0 Å². The van der Waals surface area contributed by atoms with Gasteiger partial charge in [-0.05, 0) is 36.2 Å². The van der Waals surface area contributed by atoms with Gasteiger partial charge in [-0.3, -0.25) is 9.59 Å². The van der Waals surface area contributed by atoms with Gasteiger partial charge in [0.1, 0.15) is 6.42 Å². The highest BCUT2D eigenvalue weighted by Crippen LogP contribution is 2.28. The molecule has 0 unspecified atom stereocenters. The molecule has 0 heterocycles. The number of carbonyl (C=O) groups excluding carboxylic acids is 2. The van der Waals surface area contributed by atoms with Crippen LogP contribution in [0.3, 0.4) is 0 Å². The van der Waals surface area contributed by atoms with Crippen molar-refractivity contribution in [2.24, 2.45) is 5.10 Å². The van der Waals surface area contributed by atoms with Gasteiger partial charge in [-0.2, -0.15) is 5.10 Å². The molecule has 0 aliphatic heterocycles. The summed E-state index contributed by atoms with van der Waals surface area (Å²) >= 11 is 0. The van der Waals surface area contributed by atoms with Crippen molar-refractivity contribution in [2.45, 2.75) is 12.8 Å². The first-order valence-electron chi connectivity index (χ1n) is 9.14. The third-order valence-electron chi connectivity index (χ3n) is 4.15. The van der Waals surface area contributed by atoms with Gasteiger partial charge in [0, 0.05) is 12.1 Å². The summed E-state index contributed by atoms with van der Waals surface area (Å²) in [5.41, 5.74) is 3.58. The van der Waals surface area contributed by atoms with Crippen LogP contribution in [0.1, 0.15) is 17.5 Å². The average molecular weight is 415 g/mol. The maximum Gasteiger partial charge on any atom is 0.249 e. The summed E-state index contributed by atoms with van der Waals surface area (Å²) in [6, 6.07) is 10.4. The Morgan fingerprint density at radius 2 is 1.73 bits per heavy atom. The molecule has 0 radical (unpaired) electrons. The van der Waals surface area contributed by atoms with Crippen molar-refractivity contribution >= 4 is 18.0 Å². The molecule has 0 bridgehead atoms. The number of rotatable bonds is 10. The molecule has 0 aliphatic carbocycles. The smallest absolute Gasteiger partial charge is 0.249 e. The molecular weight excluding hydrogens is 390 g/mol. The fourth-order valence-corrected chi connectivity index (χ4v) is 2.61. The van der Waals surface area contributed by atoms with E-state index in [9.17, 15) is 14.7 Å². The molecule has 9 heteroatoms. The molecule has 3 N–H and O–H groups in total. The van der Waals surface area contributed by atoms with Gasteiger partial charge in [0.25, 0.3) is 0 Å². The Bertz CT molecular complexity index is 914. The quantitative estimate of drug-likeness (QED) is 0.308. The number of carbonyl (C=O) groups is 2. The van der Waals surface area contributed by atoms with Gasteiger partial charge in [-0.25, -0.2) is 5.43 Å². The summed E-state index contributed by atoms with van der Waals surface area (Å²) in [5, 5.41) is 16.4. The molecule has 0 atom stereocenters. The van der Waals surface area contributed by atoms with E-state index in [1.165, 1.54) is 13.3 Å². The van der Waals surface area contributed by atoms with E-state index >= 15 is 0 Å². The van der Waals surface area contributed by atoms with Gasteiger partial charge in [-0.1, -0.05) is 12.1 Å². The molecule has 0 aromatic heterocycles. The number of nitrogens with zero attached hydrogens (tertiary/aromatic N) is 1. The summed E-state index contributed by atoms with van der Waals surface area (Å²) < 4.78 is 15.4. The van der Waals surface area contributed by atoms with E-state index in [0.29, 0.717) is 35.8 Å². The number of hydrogen-bond donors (Lipinski definition) is 3. The van der Waals surface area contributed by atoms with Crippen molar-refractivity contribution in [1.29, 1.82) is 0 Å². The molecule has 0 spiro atoms. The zero-order valence-electron chi connectivity index (χ0n) is 17.1. The number of methoxy groups -OCH3 is 3. The number of aromatic hydroxyl groups is 1. The van der Waals surface area contributed by atoms with Gasteiger partial charge in [0.15, 0.2) is 23.0 Å². The summed E-state index contributed by atoms with van der Waals surface area (Å²) in [6.07, 6.45) is 1.47. The lowest BCUT2D eigenvalue weighted by Crippen LogP contribution is -2.31. The number of hydrazone groups is 1. The van der Waals surface area contributed by atoms with Gasteiger partial charge < -0.3 is 24.6 Å². The minimum absolute atomic E-state index is 0.0918. The van der Waals surface area contributed by atoms with Crippen molar-refractivity contribution in [3.05, 3.63) is 47.5 Å². The summed E-state index contributed by atoms with van der Waals surface area (Å²) in [6.45, 7) is 0.364. The van der Waals surface area contributed by atoms with Crippen molar-refractivity contribution in [1.82, 2.24) is 10.7 Å². The topological polar surface area (TPSA) is 118 Å². The van der Waals surface area contributed by atoms with E-state index in [-0.39, 0.29) is 12.2 Å². The third-order valence-corrected chi connectivity index (χ3v) is 4.15. The third kappa shape index (κ3) is 6.40. The fourth-order valence-electron chi connectivity index (χ4n) is 2.61. The minimum Gasteiger partial charge on any atom is -0.504 e. The van der Waals surface area contributed by atoms with Crippen molar-refractivity contribution < 1.29 is 28.9 Å². The molecule has 160 valence electrons. The molecule has 0 saturated carbocycles. The van der Waals surface area contributed by atoms with Crippen LogP contribution in [0.2, 0.25) is 0 Å². The van der Waals surface area contributed by atoms with Crippen LogP contribution in [-0.2, 0) is 16.0 Å². The predicted octanol–water partition coefficient (Wildman–Crippen LogP) is 1.62. The monoisotopic (exact) mass is 415 g/mol. The molecule has 2 aromatic rings. The van der Waals surface area contributed by atoms with E-state index < -0.39 is 11.8 Å². The molecular formula is C21H25N3O6. The number of benzene rings is 2. The van der Waals surface area contributed by atoms with Gasteiger partial charge in [-0.15, -0.1) is 0 Å². The standard InChI is InChI=1S/C21H25N3O6/c1-28-16-8-7-14(11-18(16)30-3)9-10-22-19(25)12-20(26)24-23-13-15-5-4-6-17(29-2)21(15)27/h4-8,11,13,27H,9-10,12H2,1-3H3,(H,22,25)(H,24,26)/b23-13+. The van der Waals surface area contributed by atoms with E-state index in [0.717, 1.165) is 5.56 Å². The highest BCUT2D eigenvalue weighted by Gasteiger charge is 2.10. The van der Waals surface area contributed by atoms with E-state index in [1.54, 1.807) is 38.5 Å². The molecule has 9 nitrogen and oxygen atoms in total. The number of ether oxygens (including phenoxy) is 3. The van der Waals surface area contributed by atoms with Crippen molar-refractivity contribution in [2.75, 3.05) is 27.9 Å². The Morgan fingerprint density at radius 1 is 1.00 bits per heavy atom. The number of amides is 2. The molecule has 2 aromatic carbocycles. The number of nitrogens with one attached hydrogen (secondary N) is 2. The fraction of sp³-hybridized carbons (Fsp3) is 0.286. The van der Waals surface area contributed by atoms with Crippen LogP contribution in [0.15, 0.2) is 41.5 Å². The first kappa shape index (κ1) is 22.5. The van der Waals surface area contributed by atoms with Gasteiger partial charge >= 0.3 is 0 Å². The van der Waals surface area contributed by atoms with E-state index in [1.807, 2.05) is 12.1 Å². The van der Waals surface area contributed by atoms with Crippen LogP contribution in [0.25, 0.3) is 0 Å². The molecule has 0 saturated heterocycles. The maximum atomic E-state index is 11.9. The second-order valence-electron chi connectivity index (χ2n) is 6.16. The Labute approximate surface area is 174 Å². The minimum atomic E-state index is -0.572. The molecule has 2 rings (SSSR count). The number of hydrogen-bond acceptors (Lipinski definition) is 7. The lowest BCUT2D eigenvalue weighted by atomic mass is 10.1. The van der Waals surface area contributed by atoms with Crippen LogP contribution in [0.5, 0.6) is 23.0 Å². The van der Waals surface area contributed by atoms with Crippen LogP contribution in [0.4, 0.5) is 0 Å². The van der Waals surface area contributed by atoms with Gasteiger partial charge in [0.2, 0.25) is 11.8 Å². The Balaban J connectivity index is 1.76. The first-order chi connectivity index (χ1) is 14.5. The van der Waals surface area contributed by atoms with Crippen molar-refractivity contribution in [3.8, 4) is 23.0 Å². The lowest BCUT2D eigenvalue weighted by Gasteiger charge is -2.10. The largest absolute Gasteiger partial charge is 0.504 e. The zero-order chi connectivity index (χ0) is 21.9. The zero-order valence-corrected chi connectivity index (χ0v) is 17.1. The van der Waals surface area contributed by atoms with E-state index in [2.05, 4.69) is 15.8 Å². The first-order valence-corrected chi connectivity index (χ1v) is 9.14. The SMILES string of the molecule is COc1ccc(CCNC(=O)CC(=O)N/N=C/c2cccc(OC)c2O)cc1OC. The lowest BCUT2D eigenvalue weighted by molar-refractivity contribution is -0.129. The number of para-hydroxylation sites is 1. The molecule has 0 fully saturated rings. The highest BCUT2D eigenvalue weighted by atomic mass is 16.5. The van der Waals surface area contributed by atoms with Gasteiger partial charge in [0.05, 0.1) is 27.5 Å². The molecule has 30 heavy (non-hydrogen) atoms.